The Bertz CT molecular complexity index is 361. The molecule has 2 atom stereocenters. The number of aromatic nitrogens is 2. The SMILES string of the molecule is CC(=O)Nc1cnn(C2CCC(O)C2)c1. The molecule has 82 valence electrons. The number of carbonyl (C=O) groups is 1. The van der Waals surface area contributed by atoms with E-state index in [1.54, 1.807) is 6.20 Å². The number of rotatable bonds is 2. The van der Waals surface area contributed by atoms with Gasteiger partial charge in [0.15, 0.2) is 0 Å². The van der Waals surface area contributed by atoms with Crippen LogP contribution in [0.5, 0.6) is 0 Å². The van der Waals surface area contributed by atoms with Crippen LogP contribution in [-0.4, -0.2) is 26.9 Å². The van der Waals surface area contributed by atoms with Crippen LogP contribution in [0.1, 0.15) is 32.2 Å². The topological polar surface area (TPSA) is 67.2 Å². The maximum absolute atomic E-state index is 10.8. The fourth-order valence-corrected chi connectivity index (χ4v) is 1.98. The lowest BCUT2D eigenvalue weighted by Crippen LogP contribution is -2.08. The predicted octanol–water partition coefficient (Wildman–Crippen LogP) is 0.927. The molecule has 1 saturated carbocycles. The predicted molar refractivity (Wildman–Crippen MR) is 55.4 cm³/mol. The molecule has 1 heterocycles. The minimum Gasteiger partial charge on any atom is -0.393 e. The van der Waals surface area contributed by atoms with E-state index in [9.17, 15) is 9.90 Å². The molecule has 0 aliphatic heterocycles. The summed E-state index contributed by atoms with van der Waals surface area (Å²) in [5.41, 5.74) is 0.712. The minimum atomic E-state index is -0.205. The van der Waals surface area contributed by atoms with Crippen molar-refractivity contribution in [2.24, 2.45) is 0 Å². The first kappa shape index (κ1) is 10.2. The van der Waals surface area contributed by atoms with Gasteiger partial charge in [-0.2, -0.15) is 5.10 Å². The summed E-state index contributed by atoms with van der Waals surface area (Å²) in [6.45, 7) is 1.47. The fraction of sp³-hybridized carbons (Fsp3) is 0.600. The first-order chi connectivity index (χ1) is 7.15. The summed E-state index contributed by atoms with van der Waals surface area (Å²) in [5, 5.41) is 16.3. The van der Waals surface area contributed by atoms with E-state index in [0.717, 1.165) is 19.3 Å². The molecule has 15 heavy (non-hydrogen) atoms. The van der Waals surface area contributed by atoms with Gasteiger partial charge in [-0.3, -0.25) is 9.48 Å². The van der Waals surface area contributed by atoms with Crippen LogP contribution in [0.2, 0.25) is 0 Å². The molecule has 2 rings (SSSR count). The zero-order chi connectivity index (χ0) is 10.8. The lowest BCUT2D eigenvalue weighted by Gasteiger charge is -2.08. The maximum Gasteiger partial charge on any atom is 0.221 e. The highest BCUT2D eigenvalue weighted by atomic mass is 16.3. The van der Waals surface area contributed by atoms with Crippen LogP contribution in [-0.2, 0) is 4.79 Å². The van der Waals surface area contributed by atoms with Crippen LogP contribution in [0.15, 0.2) is 12.4 Å². The van der Waals surface area contributed by atoms with Crippen molar-refractivity contribution in [3.63, 3.8) is 0 Å². The maximum atomic E-state index is 10.8. The molecule has 0 spiro atoms. The number of aliphatic hydroxyl groups is 1. The quantitative estimate of drug-likeness (QED) is 0.761. The largest absolute Gasteiger partial charge is 0.393 e. The van der Waals surface area contributed by atoms with Crippen LogP contribution in [0.25, 0.3) is 0 Å². The van der Waals surface area contributed by atoms with E-state index in [-0.39, 0.29) is 18.1 Å². The molecule has 5 nitrogen and oxygen atoms in total. The highest BCUT2D eigenvalue weighted by molar-refractivity contribution is 5.88. The highest BCUT2D eigenvalue weighted by Gasteiger charge is 2.24. The van der Waals surface area contributed by atoms with Gasteiger partial charge in [0.1, 0.15) is 0 Å². The monoisotopic (exact) mass is 209 g/mol. The van der Waals surface area contributed by atoms with Crippen molar-refractivity contribution in [2.45, 2.75) is 38.3 Å². The molecule has 1 aliphatic rings. The third-order valence-electron chi connectivity index (χ3n) is 2.67. The first-order valence-corrected chi connectivity index (χ1v) is 5.15. The van der Waals surface area contributed by atoms with Crippen LogP contribution < -0.4 is 5.32 Å². The molecule has 2 unspecified atom stereocenters. The van der Waals surface area contributed by atoms with Crippen molar-refractivity contribution >= 4 is 11.6 Å². The average molecular weight is 209 g/mol. The van der Waals surface area contributed by atoms with Crippen molar-refractivity contribution in [3.05, 3.63) is 12.4 Å². The standard InChI is InChI=1S/C10H15N3O2/c1-7(14)12-8-5-11-13(6-8)9-2-3-10(15)4-9/h5-6,9-10,15H,2-4H2,1H3,(H,12,14). The van der Waals surface area contributed by atoms with Crippen molar-refractivity contribution < 1.29 is 9.90 Å². The molecular formula is C10H15N3O2. The van der Waals surface area contributed by atoms with Crippen molar-refractivity contribution in [2.75, 3.05) is 5.32 Å². The summed E-state index contributed by atoms with van der Waals surface area (Å²) in [6.07, 6.45) is 5.77. The van der Waals surface area contributed by atoms with Gasteiger partial charge in [0.25, 0.3) is 0 Å². The number of aliphatic hydroxyl groups excluding tert-OH is 1. The Balaban J connectivity index is 2.03. The Morgan fingerprint density at radius 3 is 3.07 bits per heavy atom. The van der Waals surface area contributed by atoms with Crippen LogP contribution >= 0.6 is 0 Å². The Morgan fingerprint density at radius 2 is 2.47 bits per heavy atom. The number of carbonyl (C=O) groups excluding carboxylic acids is 1. The van der Waals surface area contributed by atoms with Crippen LogP contribution in [0.3, 0.4) is 0 Å². The summed E-state index contributed by atoms with van der Waals surface area (Å²) in [5.74, 6) is -0.0963. The van der Waals surface area contributed by atoms with Crippen molar-refractivity contribution in [1.29, 1.82) is 0 Å². The second-order valence-electron chi connectivity index (χ2n) is 4.01. The lowest BCUT2D eigenvalue weighted by molar-refractivity contribution is -0.114. The molecule has 0 aromatic carbocycles. The molecular weight excluding hydrogens is 194 g/mol. The number of hydrogen-bond donors (Lipinski definition) is 2. The number of amides is 1. The summed E-state index contributed by atoms with van der Waals surface area (Å²) in [7, 11) is 0. The van der Waals surface area contributed by atoms with Gasteiger partial charge in [-0.05, 0) is 19.3 Å². The van der Waals surface area contributed by atoms with Gasteiger partial charge >= 0.3 is 0 Å². The molecule has 0 bridgehead atoms. The Labute approximate surface area is 88.1 Å². The number of nitrogens with one attached hydrogen (secondary N) is 1. The van der Waals surface area contributed by atoms with E-state index < -0.39 is 0 Å². The molecule has 0 radical (unpaired) electrons. The number of anilines is 1. The van der Waals surface area contributed by atoms with E-state index in [4.69, 9.17) is 0 Å². The summed E-state index contributed by atoms with van der Waals surface area (Å²) < 4.78 is 1.82. The summed E-state index contributed by atoms with van der Waals surface area (Å²) in [6, 6.07) is 0.266. The van der Waals surface area contributed by atoms with Crippen molar-refractivity contribution in [3.8, 4) is 0 Å². The highest BCUT2D eigenvalue weighted by Crippen LogP contribution is 2.29. The molecule has 1 fully saturated rings. The normalized spacial score (nSPS) is 25.5. The Morgan fingerprint density at radius 1 is 1.67 bits per heavy atom. The van der Waals surface area contributed by atoms with Gasteiger partial charge in [0, 0.05) is 13.1 Å². The third-order valence-corrected chi connectivity index (χ3v) is 2.67. The lowest BCUT2D eigenvalue weighted by atomic mass is 10.2. The second-order valence-corrected chi connectivity index (χ2v) is 4.01. The van der Waals surface area contributed by atoms with E-state index in [2.05, 4.69) is 10.4 Å². The zero-order valence-electron chi connectivity index (χ0n) is 8.68. The van der Waals surface area contributed by atoms with E-state index >= 15 is 0 Å². The number of nitrogens with zero attached hydrogens (tertiary/aromatic N) is 2. The number of hydrogen-bond acceptors (Lipinski definition) is 3. The third kappa shape index (κ3) is 2.36. The smallest absolute Gasteiger partial charge is 0.221 e. The van der Waals surface area contributed by atoms with Gasteiger partial charge in [-0.15, -0.1) is 0 Å². The average Bonchev–Trinajstić information content (AvgIpc) is 2.72. The molecule has 0 saturated heterocycles. The van der Waals surface area contributed by atoms with E-state index in [0.29, 0.717) is 5.69 Å². The zero-order valence-corrected chi connectivity index (χ0v) is 8.68. The van der Waals surface area contributed by atoms with Gasteiger partial charge < -0.3 is 10.4 Å². The van der Waals surface area contributed by atoms with Gasteiger partial charge in [0.2, 0.25) is 5.91 Å². The molecule has 1 aromatic heterocycles. The van der Waals surface area contributed by atoms with Crippen LogP contribution in [0, 0.1) is 0 Å². The molecule has 1 amide bonds. The minimum absolute atomic E-state index is 0.0963. The van der Waals surface area contributed by atoms with Crippen LogP contribution in [0.4, 0.5) is 5.69 Å². The van der Waals surface area contributed by atoms with Gasteiger partial charge in [-0.1, -0.05) is 0 Å². The Hall–Kier alpha value is -1.36. The van der Waals surface area contributed by atoms with Gasteiger partial charge in [-0.25, -0.2) is 0 Å². The molecule has 2 N–H and O–H groups in total. The Kier molecular flexibility index (Phi) is 2.73. The van der Waals surface area contributed by atoms with E-state index in [1.165, 1.54) is 6.92 Å². The fourth-order valence-electron chi connectivity index (χ4n) is 1.98. The molecule has 5 heteroatoms. The first-order valence-electron chi connectivity index (χ1n) is 5.15. The van der Waals surface area contributed by atoms with Crippen molar-refractivity contribution in [1.82, 2.24) is 9.78 Å². The molecule has 1 aliphatic carbocycles. The van der Waals surface area contributed by atoms with E-state index in [1.807, 2.05) is 10.9 Å². The van der Waals surface area contributed by atoms with Gasteiger partial charge in [0.05, 0.1) is 24.0 Å². The summed E-state index contributed by atoms with van der Waals surface area (Å²) in [4.78, 5) is 10.8. The summed E-state index contributed by atoms with van der Waals surface area (Å²) >= 11 is 0. The molecule has 1 aromatic rings. The second kappa shape index (κ2) is 4.02.